The van der Waals surface area contributed by atoms with Crippen molar-refractivity contribution in [3.05, 3.63) is 29.4 Å². The smallest absolute Gasteiger partial charge is 0.131 e. The fourth-order valence-electron chi connectivity index (χ4n) is 1.53. The number of nitriles is 1. The molecule has 0 radical (unpaired) electrons. The van der Waals surface area contributed by atoms with Gasteiger partial charge in [-0.05, 0) is 43.9 Å². The minimum Gasteiger partial charge on any atom is -0.461 e. The first-order valence-corrected chi connectivity index (χ1v) is 6.23. The zero-order chi connectivity index (χ0) is 13.5. The second-order valence-electron chi connectivity index (χ2n) is 4.83. The van der Waals surface area contributed by atoms with Crippen LogP contribution in [0.1, 0.15) is 44.3 Å². The number of furan rings is 1. The third kappa shape index (κ3) is 4.58. The fraction of sp³-hybridized carbons (Fsp3) is 0.467. The molecule has 1 aromatic heterocycles. The van der Waals surface area contributed by atoms with Gasteiger partial charge in [-0.2, -0.15) is 5.26 Å². The van der Waals surface area contributed by atoms with Crippen LogP contribution >= 0.6 is 0 Å². The van der Waals surface area contributed by atoms with Crippen molar-refractivity contribution in [1.82, 2.24) is 0 Å². The lowest BCUT2D eigenvalue weighted by Gasteiger charge is -2.00. The van der Waals surface area contributed by atoms with Gasteiger partial charge < -0.3 is 4.42 Å². The zero-order valence-corrected chi connectivity index (χ0v) is 11.5. The molecule has 0 bridgehead atoms. The van der Waals surface area contributed by atoms with Crippen LogP contribution in [-0.2, 0) is 6.42 Å². The van der Waals surface area contributed by atoms with Crippen molar-refractivity contribution in [1.29, 1.82) is 5.26 Å². The summed E-state index contributed by atoms with van der Waals surface area (Å²) in [6.45, 7) is 8.10. The summed E-state index contributed by atoms with van der Waals surface area (Å²) in [7, 11) is 0. The van der Waals surface area contributed by atoms with Crippen molar-refractivity contribution < 1.29 is 4.42 Å². The Bertz CT molecular complexity index is 487. The van der Waals surface area contributed by atoms with Crippen LogP contribution in [0.3, 0.4) is 0 Å². The highest BCUT2D eigenvalue weighted by atomic mass is 16.3. The predicted octanol–water partition coefficient (Wildman–Crippen LogP) is 4.13. The van der Waals surface area contributed by atoms with Crippen LogP contribution in [0.25, 0.3) is 6.08 Å². The van der Waals surface area contributed by atoms with Crippen LogP contribution in [0, 0.1) is 24.2 Å². The number of aryl methyl sites for hydroxylation is 2. The van der Waals surface area contributed by atoms with E-state index in [1.165, 1.54) is 0 Å². The Kier molecular flexibility index (Phi) is 5.38. The van der Waals surface area contributed by atoms with Crippen LogP contribution in [-0.4, -0.2) is 5.71 Å². The summed E-state index contributed by atoms with van der Waals surface area (Å²) < 4.78 is 5.74. The Labute approximate surface area is 109 Å². The highest BCUT2D eigenvalue weighted by molar-refractivity contribution is 5.96. The standard InChI is InChI=1S/C15H20N2O/c1-11(2)5-6-14-9-12(3)15(18-14)7-8-17-13(4)10-16/h7-9,11H,5-6H2,1-4H3/b8-7-,17-13+. The molecular formula is C15H20N2O. The molecule has 0 N–H and O–H groups in total. The summed E-state index contributed by atoms with van der Waals surface area (Å²) in [5.41, 5.74) is 1.55. The first-order chi connectivity index (χ1) is 8.52. The van der Waals surface area contributed by atoms with Gasteiger partial charge in [-0.25, -0.2) is 0 Å². The molecule has 0 amide bonds. The molecule has 0 saturated carbocycles. The fourth-order valence-corrected chi connectivity index (χ4v) is 1.53. The highest BCUT2D eigenvalue weighted by Crippen LogP contribution is 2.19. The van der Waals surface area contributed by atoms with Crippen LogP contribution < -0.4 is 0 Å². The van der Waals surface area contributed by atoms with Crippen molar-refractivity contribution in [2.75, 3.05) is 0 Å². The topological polar surface area (TPSA) is 49.3 Å². The molecule has 0 saturated heterocycles. The SMILES string of the molecule is C/C(C#N)=N\C=C/c1oc(CCC(C)C)cc1C. The molecular weight excluding hydrogens is 224 g/mol. The molecule has 1 rings (SSSR count). The summed E-state index contributed by atoms with van der Waals surface area (Å²) in [6.07, 6.45) is 5.50. The number of hydrogen-bond donors (Lipinski definition) is 0. The van der Waals surface area contributed by atoms with E-state index in [0.717, 1.165) is 29.9 Å². The Morgan fingerprint density at radius 3 is 2.89 bits per heavy atom. The Morgan fingerprint density at radius 1 is 1.56 bits per heavy atom. The van der Waals surface area contributed by atoms with Crippen molar-refractivity contribution in [2.24, 2.45) is 10.9 Å². The monoisotopic (exact) mass is 244 g/mol. The minimum atomic E-state index is 0.440. The molecule has 96 valence electrons. The maximum Gasteiger partial charge on any atom is 0.131 e. The quantitative estimate of drug-likeness (QED) is 0.731. The second-order valence-corrected chi connectivity index (χ2v) is 4.83. The second kappa shape index (κ2) is 6.80. The summed E-state index contributed by atoms with van der Waals surface area (Å²) in [5.74, 6) is 2.52. The van der Waals surface area contributed by atoms with Gasteiger partial charge in [-0.1, -0.05) is 13.8 Å². The van der Waals surface area contributed by atoms with Gasteiger partial charge in [0.15, 0.2) is 0 Å². The van der Waals surface area contributed by atoms with E-state index < -0.39 is 0 Å². The van der Waals surface area contributed by atoms with Crippen molar-refractivity contribution in [3.63, 3.8) is 0 Å². The normalized spacial score (nSPS) is 12.3. The van der Waals surface area contributed by atoms with E-state index in [1.807, 2.05) is 13.0 Å². The van der Waals surface area contributed by atoms with Crippen molar-refractivity contribution >= 4 is 11.8 Å². The van der Waals surface area contributed by atoms with Crippen LogP contribution in [0.4, 0.5) is 0 Å². The van der Waals surface area contributed by atoms with Gasteiger partial charge in [0, 0.05) is 12.6 Å². The molecule has 0 atom stereocenters. The van der Waals surface area contributed by atoms with E-state index in [4.69, 9.17) is 9.68 Å². The van der Waals surface area contributed by atoms with E-state index in [9.17, 15) is 0 Å². The van der Waals surface area contributed by atoms with Gasteiger partial charge in [0.1, 0.15) is 23.3 Å². The zero-order valence-electron chi connectivity index (χ0n) is 11.5. The molecule has 0 unspecified atom stereocenters. The molecule has 3 nitrogen and oxygen atoms in total. The minimum absolute atomic E-state index is 0.440. The van der Waals surface area contributed by atoms with Gasteiger partial charge in [0.2, 0.25) is 0 Å². The van der Waals surface area contributed by atoms with Gasteiger partial charge in [0.05, 0.1) is 0 Å². The maximum atomic E-state index is 8.57. The summed E-state index contributed by atoms with van der Waals surface area (Å²) in [5, 5.41) is 8.57. The van der Waals surface area contributed by atoms with Gasteiger partial charge >= 0.3 is 0 Å². The Balaban J connectivity index is 2.71. The van der Waals surface area contributed by atoms with E-state index >= 15 is 0 Å². The van der Waals surface area contributed by atoms with Crippen LogP contribution in [0.2, 0.25) is 0 Å². The summed E-state index contributed by atoms with van der Waals surface area (Å²) in [6, 6.07) is 4.04. The summed E-state index contributed by atoms with van der Waals surface area (Å²) >= 11 is 0. The Hall–Kier alpha value is -1.82. The van der Waals surface area contributed by atoms with Gasteiger partial charge in [0.25, 0.3) is 0 Å². The van der Waals surface area contributed by atoms with E-state index in [2.05, 4.69) is 24.9 Å². The van der Waals surface area contributed by atoms with Gasteiger partial charge in [-0.15, -0.1) is 0 Å². The molecule has 18 heavy (non-hydrogen) atoms. The maximum absolute atomic E-state index is 8.57. The first kappa shape index (κ1) is 14.2. The first-order valence-electron chi connectivity index (χ1n) is 6.23. The predicted molar refractivity (Wildman–Crippen MR) is 74.4 cm³/mol. The molecule has 0 aromatic carbocycles. The lowest BCUT2D eigenvalue weighted by atomic mass is 10.1. The molecule has 0 aliphatic heterocycles. The van der Waals surface area contributed by atoms with Crippen molar-refractivity contribution in [3.8, 4) is 6.07 Å². The molecule has 3 heteroatoms. The third-order valence-electron chi connectivity index (χ3n) is 2.63. The summed E-state index contributed by atoms with van der Waals surface area (Å²) in [4.78, 5) is 3.98. The average molecular weight is 244 g/mol. The number of hydrogen-bond acceptors (Lipinski definition) is 3. The van der Waals surface area contributed by atoms with Gasteiger partial charge in [-0.3, -0.25) is 4.99 Å². The van der Waals surface area contributed by atoms with E-state index in [0.29, 0.717) is 11.6 Å². The molecule has 1 heterocycles. The largest absolute Gasteiger partial charge is 0.461 e. The molecule has 0 aliphatic rings. The lowest BCUT2D eigenvalue weighted by Crippen LogP contribution is -1.89. The van der Waals surface area contributed by atoms with E-state index in [-0.39, 0.29) is 0 Å². The number of aliphatic imine (C=N–C) groups is 1. The average Bonchev–Trinajstić information content (AvgIpc) is 2.67. The molecule has 1 aromatic rings. The van der Waals surface area contributed by atoms with Crippen LogP contribution in [0.15, 0.2) is 21.7 Å². The van der Waals surface area contributed by atoms with E-state index in [1.54, 1.807) is 19.2 Å². The Morgan fingerprint density at radius 2 is 2.28 bits per heavy atom. The van der Waals surface area contributed by atoms with Crippen molar-refractivity contribution in [2.45, 2.75) is 40.5 Å². The lowest BCUT2D eigenvalue weighted by molar-refractivity contribution is 0.469. The number of nitrogens with zero attached hydrogens (tertiary/aromatic N) is 2. The molecule has 0 fully saturated rings. The highest BCUT2D eigenvalue weighted by Gasteiger charge is 2.05. The third-order valence-corrected chi connectivity index (χ3v) is 2.63. The molecule has 0 spiro atoms. The van der Waals surface area contributed by atoms with Crippen LogP contribution in [0.5, 0.6) is 0 Å². The molecule has 0 aliphatic carbocycles. The number of rotatable bonds is 5.